The molecule has 0 bridgehead atoms. The molecule has 0 spiro atoms. The lowest BCUT2D eigenvalue weighted by Crippen LogP contribution is -1.99. The molecule has 126 valence electrons. The molecule has 4 rings (SSSR count). The summed E-state index contributed by atoms with van der Waals surface area (Å²) >= 11 is 0. The van der Waals surface area contributed by atoms with Crippen molar-refractivity contribution < 1.29 is 0 Å². The van der Waals surface area contributed by atoms with Crippen molar-refractivity contribution in [3.8, 4) is 5.69 Å². The highest BCUT2D eigenvalue weighted by Gasteiger charge is 2.08. The van der Waals surface area contributed by atoms with E-state index in [1.54, 1.807) is 4.80 Å². The second-order valence-corrected chi connectivity index (χ2v) is 5.68. The van der Waals surface area contributed by atoms with Gasteiger partial charge in [-0.25, -0.2) is 0 Å². The first-order chi connectivity index (χ1) is 12.3. The summed E-state index contributed by atoms with van der Waals surface area (Å²) < 4.78 is 0. The van der Waals surface area contributed by atoms with Crippen molar-refractivity contribution in [2.45, 2.75) is 27.7 Å². The summed E-state index contributed by atoms with van der Waals surface area (Å²) in [7, 11) is 0. The third-order valence-electron chi connectivity index (χ3n) is 4.11. The van der Waals surface area contributed by atoms with Crippen molar-refractivity contribution >= 4 is 27.9 Å². The van der Waals surface area contributed by atoms with Crippen LogP contribution in [0.4, 0.5) is 0 Å². The predicted octanol–water partition coefficient (Wildman–Crippen LogP) is 5.94. The van der Waals surface area contributed by atoms with Gasteiger partial charge in [0.25, 0.3) is 0 Å². The zero-order valence-electron chi connectivity index (χ0n) is 15.2. The number of fused-ring (bicyclic) bond motifs is 3. The second kappa shape index (κ2) is 7.31. The van der Waals surface area contributed by atoms with Gasteiger partial charge in [0.05, 0.1) is 5.69 Å². The van der Waals surface area contributed by atoms with Gasteiger partial charge in [-0.2, -0.15) is 4.80 Å². The smallest absolute Gasteiger partial charge is 0.121 e. The number of aromatic nitrogens is 3. The summed E-state index contributed by atoms with van der Waals surface area (Å²) in [6, 6.07) is 18.7. The minimum absolute atomic E-state index is 0.916. The SMILES string of the molecule is CC.CC=Cc1ccc(-n2nc3ccc4ccccc4c3n2)cc1C. The third-order valence-corrected chi connectivity index (χ3v) is 4.11. The van der Waals surface area contributed by atoms with Crippen LogP contribution < -0.4 is 0 Å². The highest BCUT2D eigenvalue weighted by molar-refractivity contribution is 6.03. The molecule has 1 heterocycles. The van der Waals surface area contributed by atoms with E-state index in [1.165, 1.54) is 16.5 Å². The van der Waals surface area contributed by atoms with E-state index < -0.39 is 0 Å². The highest BCUT2D eigenvalue weighted by atomic mass is 15.5. The van der Waals surface area contributed by atoms with Crippen LogP contribution >= 0.6 is 0 Å². The maximum Gasteiger partial charge on any atom is 0.121 e. The normalized spacial score (nSPS) is 11.0. The molecule has 4 aromatic rings. The van der Waals surface area contributed by atoms with Gasteiger partial charge in [-0.3, -0.25) is 0 Å². The lowest BCUT2D eigenvalue weighted by molar-refractivity contribution is 0.765. The molecule has 3 aromatic carbocycles. The number of hydrogen-bond donors (Lipinski definition) is 0. The Labute approximate surface area is 148 Å². The molecule has 25 heavy (non-hydrogen) atoms. The number of aryl methyl sites for hydroxylation is 1. The van der Waals surface area contributed by atoms with Crippen LogP contribution in [-0.4, -0.2) is 15.0 Å². The number of benzene rings is 3. The average Bonchev–Trinajstić information content (AvgIpc) is 3.10. The molecule has 1 aromatic heterocycles. The third kappa shape index (κ3) is 3.18. The molecule has 0 saturated carbocycles. The minimum Gasteiger partial charge on any atom is -0.150 e. The number of nitrogens with zero attached hydrogens (tertiary/aromatic N) is 3. The molecular formula is C22H23N3. The molecule has 0 atom stereocenters. The van der Waals surface area contributed by atoms with Gasteiger partial charge in [0.2, 0.25) is 0 Å². The van der Waals surface area contributed by atoms with Gasteiger partial charge in [-0.05, 0) is 48.6 Å². The molecule has 3 heteroatoms. The van der Waals surface area contributed by atoms with Crippen LogP contribution in [0.1, 0.15) is 31.9 Å². The summed E-state index contributed by atoms with van der Waals surface area (Å²) in [6.07, 6.45) is 4.16. The Morgan fingerprint density at radius 3 is 2.48 bits per heavy atom. The molecule has 0 amide bonds. The fourth-order valence-corrected chi connectivity index (χ4v) is 2.91. The topological polar surface area (TPSA) is 30.7 Å². The van der Waals surface area contributed by atoms with Crippen molar-refractivity contribution in [2.24, 2.45) is 0 Å². The van der Waals surface area contributed by atoms with E-state index >= 15 is 0 Å². The van der Waals surface area contributed by atoms with E-state index in [0.29, 0.717) is 0 Å². The first kappa shape index (κ1) is 16.9. The van der Waals surface area contributed by atoms with E-state index in [4.69, 9.17) is 5.10 Å². The predicted molar refractivity (Wildman–Crippen MR) is 107 cm³/mol. The van der Waals surface area contributed by atoms with Crippen molar-refractivity contribution in [3.05, 3.63) is 71.8 Å². The molecule has 0 aliphatic rings. The zero-order chi connectivity index (χ0) is 17.8. The Balaban J connectivity index is 0.000000880. The van der Waals surface area contributed by atoms with Gasteiger partial charge in [-0.1, -0.05) is 62.4 Å². The molecule has 0 unspecified atom stereocenters. The van der Waals surface area contributed by atoms with Gasteiger partial charge >= 0.3 is 0 Å². The Hall–Kier alpha value is -2.94. The largest absolute Gasteiger partial charge is 0.150 e. The van der Waals surface area contributed by atoms with Crippen LogP contribution in [-0.2, 0) is 0 Å². The average molecular weight is 329 g/mol. The molecule has 0 aliphatic carbocycles. The van der Waals surface area contributed by atoms with E-state index in [9.17, 15) is 0 Å². The summed E-state index contributed by atoms with van der Waals surface area (Å²) in [4.78, 5) is 1.73. The van der Waals surface area contributed by atoms with Crippen LogP contribution in [0.5, 0.6) is 0 Å². The minimum atomic E-state index is 0.916. The molecule has 0 radical (unpaired) electrons. The van der Waals surface area contributed by atoms with Gasteiger partial charge in [0.1, 0.15) is 11.0 Å². The Morgan fingerprint density at radius 2 is 1.72 bits per heavy atom. The summed E-state index contributed by atoms with van der Waals surface area (Å²) in [5, 5.41) is 11.7. The standard InChI is InChI=1S/C20H17N3.C2H6/c1-3-6-15-9-11-17(13-14(15)2)23-21-19-12-10-16-7-4-5-8-18(16)20(19)22-23;1-2/h3-13H,1-2H3;1-2H3. The van der Waals surface area contributed by atoms with Crippen LogP contribution in [0, 0.1) is 6.92 Å². The van der Waals surface area contributed by atoms with Crippen molar-refractivity contribution in [1.82, 2.24) is 15.0 Å². The van der Waals surface area contributed by atoms with Crippen molar-refractivity contribution in [2.75, 3.05) is 0 Å². The van der Waals surface area contributed by atoms with Crippen molar-refractivity contribution in [1.29, 1.82) is 0 Å². The summed E-state index contributed by atoms with van der Waals surface area (Å²) in [5.74, 6) is 0. The Bertz CT molecular complexity index is 1040. The maximum atomic E-state index is 4.72. The molecule has 0 N–H and O–H groups in total. The first-order valence-corrected chi connectivity index (χ1v) is 8.75. The molecule has 0 saturated heterocycles. The molecule has 3 nitrogen and oxygen atoms in total. The summed E-state index contributed by atoms with van der Waals surface area (Å²) in [5.41, 5.74) is 5.28. The van der Waals surface area contributed by atoms with Crippen molar-refractivity contribution in [3.63, 3.8) is 0 Å². The van der Waals surface area contributed by atoms with Crippen LogP contribution in [0.25, 0.3) is 33.6 Å². The maximum absolute atomic E-state index is 4.72. The van der Waals surface area contributed by atoms with Gasteiger partial charge in [-0.15, -0.1) is 10.2 Å². The second-order valence-electron chi connectivity index (χ2n) is 5.68. The Kier molecular flexibility index (Phi) is 4.94. The molecular weight excluding hydrogens is 306 g/mol. The zero-order valence-corrected chi connectivity index (χ0v) is 15.2. The van der Waals surface area contributed by atoms with E-state index in [1.807, 2.05) is 39.0 Å². The van der Waals surface area contributed by atoms with Gasteiger partial charge in [0.15, 0.2) is 0 Å². The number of allylic oxidation sites excluding steroid dienone is 1. The van der Waals surface area contributed by atoms with E-state index in [-0.39, 0.29) is 0 Å². The Morgan fingerprint density at radius 1 is 0.920 bits per heavy atom. The van der Waals surface area contributed by atoms with E-state index in [2.05, 4.69) is 60.6 Å². The van der Waals surface area contributed by atoms with Gasteiger partial charge in [0, 0.05) is 5.39 Å². The monoisotopic (exact) mass is 329 g/mol. The fourth-order valence-electron chi connectivity index (χ4n) is 2.91. The lowest BCUT2D eigenvalue weighted by Gasteiger charge is -2.04. The first-order valence-electron chi connectivity index (χ1n) is 8.75. The lowest BCUT2D eigenvalue weighted by atomic mass is 10.1. The molecule has 0 fully saturated rings. The van der Waals surface area contributed by atoms with Gasteiger partial charge < -0.3 is 0 Å². The van der Waals surface area contributed by atoms with Crippen LogP contribution in [0.3, 0.4) is 0 Å². The quantitative estimate of drug-likeness (QED) is 0.455. The van der Waals surface area contributed by atoms with E-state index in [0.717, 1.165) is 22.1 Å². The number of hydrogen-bond acceptors (Lipinski definition) is 2. The highest BCUT2D eigenvalue weighted by Crippen LogP contribution is 2.23. The molecule has 0 aliphatic heterocycles. The van der Waals surface area contributed by atoms with Crippen LogP contribution in [0.15, 0.2) is 60.7 Å². The summed E-state index contributed by atoms with van der Waals surface area (Å²) in [6.45, 7) is 8.14. The number of rotatable bonds is 2. The fraction of sp³-hybridized carbons (Fsp3) is 0.182. The van der Waals surface area contributed by atoms with Crippen LogP contribution in [0.2, 0.25) is 0 Å².